The molecular weight excluding hydrogens is 255 g/mol. The summed E-state index contributed by atoms with van der Waals surface area (Å²) in [4.78, 5) is -0.298. The van der Waals surface area contributed by atoms with Crippen LogP contribution in [0.15, 0.2) is 23.1 Å². The minimum absolute atomic E-state index is 0.298. The van der Waals surface area contributed by atoms with Crippen LogP contribution in [-0.2, 0) is 15.4 Å². The molecule has 1 aromatic rings. The molecule has 0 saturated heterocycles. The number of nitrogens with two attached hydrogens (primary N) is 1. The van der Waals surface area contributed by atoms with Crippen LogP contribution in [0.4, 0.5) is 13.2 Å². The topological polar surface area (TPSA) is 60.2 Å². The van der Waals surface area contributed by atoms with Crippen molar-refractivity contribution in [2.75, 3.05) is 5.75 Å². The maximum absolute atomic E-state index is 13.1. The SMILES string of the molecule is NC1(C(F)F)CCS(=O)(=O)c2ccc(F)cc21. The third kappa shape index (κ3) is 1.83. The quantitative estimate of drug-likeness (QED) is 0.781. The fourth-order valence-electron chi connectivity index (χ4n) is 1.91. The molecule has 1 aliphatic heterocycles. The van der Waals surface area contributed by atoms with Crippen LogP contribution in [0.1, 0.15) is 12.0 Å². The highest BCUT2D eigenvalue weighted by Crippen LogP contribution is 2.39. The largest absolute Gasteiger partial charge is 0.317 e. The lowest BCUT2D eigenvalue weighted by atomic mass is 9.88. The van der Waals surface area contributed by atoms with Crippen LogP contribution in [0.25, 0.3) is 0 Å². The zero-order valence-corrected chi connectivity index (χ0v) is 9.48. The molecule has 0 radical (unpaired) electrons. The van der Waals surface area contributed by atoms with E-state index >= 15 is 0 Å². The molecule has 0 spiro atoms. The van der Waals surface area contributed by atoms with E-state index in [-0.39, 0.29) is 10.5 Å². The molecule has 94 valence electrons. The Morgan fingerprint density at radius 2 is 2.00 bits per heavy atom. The summed E-state index contributed by atoms with van der Waals surface area (Å²) in [7, 11) is -3.64. The molecule has 1 unspecified atom stereocenters. The van der Waals surface area contributed by atoms with E-state index in [2.05, 4.69) is 0 Å². The van der Waals surface area contributed by atoms with Crippen molar-refractivity contribution in [1.29, 1.82) is 0 Å². The van der Waals surface area contributed by atoms with Gasteiger partial charge in [-0.05, 0) is 30.2 Å². The van der Waals surface area contributed by atoms with Gasteiger partial charge in [-0.3, -0.25) is 0 Å². The Balaban J connectivity index is 2.74. The van der Waals surface area contributed by atoms with Gasteiger partial charge in [-0.15, -0.1) is 0 Å². The van der Waals surface area contributed by atoms with E-state index in [4.69, 9.17) is 5.73 Å². The minimum atomic E-state index is -3.64. The monoisotopic (exact) mass is 265 g/mol. The summed E-state index contributed by atoms with van der Waals surface area (Å²) in [6.45, 7) is 0. The first-order chi connectivity index (χ1) is 7.77. The van der Waals surface area contributed by atoms with Crippen LogP contribution in [0.5, 0.6) is 0 Å². The Bertz CT molecular complexity index is 559. The average molecular weight is 265 g/mol. The number of hydrogen-bond donors (Lipinski definition) is 1. The average Bonchev–Trinajstić information content (AvgIpc) is 2.24. The Kier molecular flexibility index (Phi) is 2.70. The Labute approximate surface area is 96.3 Å². The molecule has 3 nitrogen and oxygen atoms in total. The number of halogens is 3. The molecule has 2 N–H and O–H groups in total. The molecule has 2 rings (SSSR count). The van der Waals surface area contributed by atoms with Crippen LogP contribution in [0, 0.1) is 5.82 Å². The first kappa shape index (κ1) is 12.4. The van der Waals surface area contributed by atoms with Crippen molar-refractivity contribution in [2.24, 2.45) is 5.73 Å². The fraction of sp³-hybridized carbons (Fsp3) is 0.400. The highest BCUT2D eigenvalue weighted by atomic mass is 32.2. The van der Waals surface area contributed by atoms with Crippen molar-refractivity contribution in [3.05, 3.63) is 29.6 Å². The van der Waals surface area contributed by atoms with Crippen LogP contribution in [-0.4, -0.2) is 20.6 Å². The Morgan fingerprint density at radius 1 is 1.35 bits per heavy atom. The standard InChI is InChI=1S/C10H10F3NO2S/c11-6-1-2-8-7(5-6)10(14,9(12)13)3-4-17(8,15)16/h1-2,5,9H,3-4,14H2. The predicted molar refractivity (Wildman–Crippen MR) is 54.9 cm³/mol. The van der Waals surface area contributed by atoms with E-state index in [1.54, 1.807) is 0 Å². The number of alkyl halides is 2. The van der Waals surface area contributed by atoms with Gasteiger partial charge in [0.2, 0.25) is 0 Å². The van der Waals surface area contributed by atoms with Gasteiger partial charge in [-0.2, -0.15) is 0 Å². The third-order valence-electron chi connectivity index (χ3n) is 2.95. The van der Waals surface area contributed by atoms with Gasteiger partial charge in [-0.25, -0.2) is 21.6 Å². The molecule has 0 saturated carbocycles. The number of hydrogen-bond acceptors (Lipinski definition) is 3. The first-order valence-corrected chi connectivity index (χ1v) is 6.52. The van der Waals surface area contributed by atoms with E-state index in [1.807, 2.05) is 0 Å². The predicted octanol–water partition coefficient (Wildman–Crippen LogP) is 1.42. The van der Waals surface area contributed by atoms with Crippen molar-refractivity contribution in [3.63, 3.8) is 0 Å². The van der Waals surface area contributed by atoms with Crippen LogP contribution in [0.3, 0.4) is 0 Å². The van der Waals surface area contributed by atoms with Gasteiger partial charge in [0.15, 0.2) is 9.84 Å². The van der Waals surface area contributed by atoms with Gasteiger partial charge in [0, 0.05) is 0 Å². The third-order valence-corrected chi connectivity index (χ3v) is 4.72. The van der Waals surface area contributed by atoms with Gasteiger partial charge in [0.1, 0.15) is 11.4 Å². The summed E-state index contributed by atoms with van der Waals surface area (Å²) in [5, 5.41) is 0. The summed E-state index contributed by atoms with van der Waals surface area (Å²) >= 11 is 0. The molecule has 0 bridgehead atoms. The van der Waals surface area contributed by atoms with Gasteiger partial charge >= 0.3 is 0 Å². The maximum Gasteiger partial charge on any atom is 0.260 e. The summed E-state index contributed by atoms with van der Waals surface area (Å²) in [5.41, 5.74) is 3.09. The van der Waals surface area contributed by atoms with E-state index in [0.717, 1.165) is 18.2 Å². The summed E-state index contributed by atoms with van der Waals surface area (Å²) < 4.78 is 62.3. The first-order valence-electron chi connectivity index (χ1n) is 4.87. The Morgan fingerprint density at radius 3 is 2.59 bits per heavy atom. The fourth-order valence-corrected chi connectivity index (χ4v) is 3.60. The zero-order valence-electron chi connectivity index (χ0n) is 8.66. The molecule has 1 aliphatic rings. The van der Waals surface area contributed by atoms with E-state index in [0.29, 0.717) is 0 Å². The van der Waals surface area contributed by atoms with E-state index in [1.165, 1.54) is 0 Å². The number of sulfone groups is 1. The summed E-state index contributed by atoms with van der Waals surface area (Å²) in [6, 6.07) is 2.69. The molecule has 17 heavy (non-hydrogen) atoms. The molecule has 0 fully saturated rings. The molecular formula is C10H10F3NO2S. The molecule has 1 heterocycles. The normalized spacial score (nSPS) is 26.9. The minimum Gasteiger partial charge on any atom is -0.317 e. The molecule has 7 heteroatoms. The van der Waals surface area contributed by atoms with Crippen molar-refractivity contribution < 1.29 is 21.6 Å². The van der Waals surface area contributed by atoms with Crippen LogP contribution in [0.2, 0.25) is 0 Å². The second-order valence-electron chi connectivity index (χ2n) is 4.05. The highest BCUT2D eigenvalue weighted by molar-refractivity contribution is 7.91. The van der Waals surface area contributed by atoms with Crippen molar-refractivity contribution in [3.8, 4) is 0 Å². The van der Waals surface area contributed by atoms with E-state index in [9.17, 15) is 21.6 Å². The van der Waals surface area contributed by atoms with Crippen LogP contribution >= 0.6 is 0 Å². The second-order valence-corrected chi connectivity index (χ2v) is 6.13. The lowest BCUT2D eigenvalue weighted by Gasteiger charge is -2.34. The molecule has 0 aromatic heterocycles. The highest BCUT2D eigenvalue weighted by Gasteiger charge is 2.45. The van der Waals surface area contributed by atoms with Gasteiger partial charge in [-0.1, -0.05) is 0 Å². The van der Waals surface area contributed by atoms with Crippen LogP contribution < -0.4 is 5.73 Å². The summed E-state index contributed by atoms with van der Waals surface area (Å²) in [6.07, 6.45) is -3.36. The number of benzene rings is 1. The number of fused-ring (bicyclic) bond motifs is 1. The molecule has 0 amide bonds. The van der Waals surface area contributed by atoms with Gasteiger partial charge in [0.05, 0.1) is 10.6 Å². The molecule has 1 atom stereocenters. The summed E-state index contributed by atoms with van der Waals surface area (Å²) in [5.74, 6) is -1.23. The number of rotatable bonds is 1. The van der Waals surface area contributed by atoms with Crippen molar-refractivity contribution in [2.45, 2.75) is 23.3 Å². The Hall–Kier alpha value is -1.08. The zero-order chi connectivity index (χ0) is 12.8. The molecule has 0 aliphatic carbocycles. The lowest BCUT2D eigenvalue weighted by Crippen LogP contribution is -2.48. The van der Waals surface area contributed by atoms with Gasteiger partial charge in [0.25, 0.3) is 6.43 Å². The maximum atomic E-state index is 13.1. The van der Waals surface area contributed by atoms with Crippen molar-refractivity contribution >= 4 is 9.84 Å². The lowest BCUT2D eigenvalue weighted by molar-refractivity contribution is 0.0468. The van der Waals surface area contributed by atoms with Gasteiger partial charge < -0.3 is 5.73 Å². The smallest absolute Gasteiger partial charge is 0.260 e. The molecule has 1 aromatic carbocycles. The second kappa shape index (κ2) is 3.71. The van der Waals surface area contributed by atoms with E-state index < -0.39 is 39.8 Å². The van der Waals surface area contributed by atoms with Crippen molar-refractivity contribution in [1.82, 2.24) is 0 Å².